The number of nitrogens with zero attached hydrogens (tertiary/aromatic N) is 2. The van der Waals surface area contributed by atoms with Crippen LogP contribution < -0.4 is 0 Å². The van der Waals surface area contributed by atoms with Gasteiger partial charge in [0, 0.05) is 17.9 Å². The van der Waals surface area contributed by atoms with E-state index >= 15 is 0 Å². The highest BCUT2D eigenvalue weighted by molar-refractivity contribution is 7.09. The third-order valence-electron chi connectivity index (χ3n) is 3.51. The Bertz CT molecular complexity index is 521. The van der Waals surface area contributed by atoms with E-state index < -0.39 is 0 Å². The fourth-order valence-corrected chi connectivity index (χ4v) is 3.29. The van der Waals surface area contributed by atoms with E-state index in [1.54, 1.807) is 11.3 Å². The summed E-state index contributed by atoms with van der Waals surface area (Å²) in [6, 6.07) is 4.14. The first kappa shape index (κ1) is 12.8. The third kappa shape index (κ3) is 2.72. The molecule has 1 fully saturated rings. The molecular formula is C14H18N2O2S. The maximum atomic E-state index is 5.77. The van der Waals surface area contributed by atoms with Gasteiger partial charge in [0.1, 0.15) is 0 Å². The number of hydrogen-bond acceptors (Lipinski definition) is 5. The van der Waals surface area contributed by atoms with Crippen LogP contribution in [0.5, 0.6) is 0 Å². The first-order valence-corrected chi connectivity index (χ1v) is 7.58. The van der Waals surface area contributed by atoms with Crippen molar-refractivity contribution in [2.24, 2.45) is 5.92 Å². The van der Waals surface area contributed by atoms with Gasteiger partial charge in [-0.15, -0.1) is 11.3 Å². The molecule has 0 aliphatic carbocycles. The van der Waals surface area contributed by atoms with Gasteiger partial charge in [-0.1, -0.05) is 25.1 Å². The molecule has 2 aromatic rings. The summed E-state index contributed by atoms with van der Waals surface area (Å²) < 4.78 is 11.2. The second-order valence-electron chi connectivity index (χ2n) is 5.28. The second-order valence-corrected chi connectivity index (χ2v) is 6.31. The molecule has 5 heteroatoms. The summed E-state index contributed by atoms with van der Waals surface area (Å²) in [5.41, 5.74) is 0. The summed E-state index contributed by atoms with van der Waals surface area (Å²) in [5.74, 6) is 2.24. The molecule has 3 heterocycles. The lowest BCUT2D eigenvalue weighted by atomic mass is 9.93. The van der Waals surface area contributed by atoms with Crippen LogP contribution in [0.3, 0.4) is 0 Å². The van der Waals surface area contributed by atoms with E-state index in [1.165, 1.54) is 4.88 Å². The molecule has 19 heavy (non-hydrogen) atoms. The number of hydrogen-bond donors (Lipinski definition) is 0. The lowest BCUT2D eigenvalue weighted by molar-refractivity contribution is 0.0627. The molecule has 3 rings (SSSR count). The summed E-state index contributed by atoms with van der Waals surface area (Å²) in [7, 11) is 0. The molecule has 0 amide bonds. The molecule has 1 saturated heterocycles. The quantitative estimate of drug-likeness (QED) is 0.861. The number of ether oxygens (including phenoxy) is 1. The molecule has 0 N–H and O–H groups in total. The fraction of sp³-hybridized carbons (Fsp3) is 0.571. The van der Waals surface area contributed by atoms with Crippen LogP contribution in [-0.4, -0.2) is 22.9 Å². The SMILES string of the molecule is CC(C)[C@H]1OCC[C@@H]1c1nc(Cc2cccs2)no1. The Kier molecular flexibility index (Phi) is 3.66. The van der Waals surface area contributed by atoms with Gasteiger partial charge in [-0.3, -0.25) is 0 Å². The molecule has 4 nitrogen and oxygen atoms in total. The van der Waals surface area contributed by atoms with Gasteiger partial charge in [0.15, 0.2) is 5.82 Å². The molecular weight excluding hydrogens is 260 g/mol. The van der Waals surface area contributed by atoms with E-state index in [4.69, 9.17) is 9.26 Å². The molecule has 1 aliphatic rings. The van der Waals surface area contributed by atoms with Crippen molar-refractivity contribution >= 4 is 11.3 Å². The molecule has 0 aromatic carbocycles. The number of aromatic nitrogens is 2. The van der Waals surface area contributed by atoms with Gasteiger partial charge in [-0.05, 0) is 23.8 Å². The molecule has 2 aromatic heterocycles. The van der Waals surface area contributed by atoms with Gasteiger partial charge in [0.25, 0.3) is 0 Å². The Morgan fingerprint density at radius 2 is 2.37 bits per heavy atom. The predicted octanol–water partition coefficient (Wildman–Crippen LogP) is 3.25. The van der Waals surface area contributed by atoms with Crippen LogP contribution in [0.1, 0.15) is 42.8 Å². The van der Waals surface area contributed by atoms with Gasteiger partial charge in [0.2, 0.25) is 5.89 Å². The largest absolute Gasteiger partial charge is 0.377 e. The van der Waals surface area contributed by atoms with Crippen LogP contribution >= 0.6 is 11.3 Å². The molecule has 0 radical (unpaired) electrons. The van der Waals surface area contributed by atoms with Crippen LogP contribution in [0.2, 0.25) is 0 Å². The zero-order valence-electron chi connectivity index (χ0n) is 11.2. The maximum Gasteiger partial charge on any atom is 0.232 e. The van der Waals surface area contributed by atoms with Crippen LogP contribution in [0.4, 0.5) is 0 Å². The normalized spacial score (nSPS) is 23.3. The van der Waals surface area contributed by atoms with Crippen LogP contribution in [-0.2, 0) is 11.2 Å². The minimum atomic E-state index is 0.204. The Balaban J connectivity index is 1.74. The topological polar surface area (TPSA) is 48.2 Å². The van der Waals surface area contributed by atoms with Crippen molar-refractivity contribution in [3.8, 4) is 0 Å². The van der Waals surface area contributed by atoms with Crippen molar-refractivity contribution < 1.29 is 9.26 Å². The predicted molar refractivity (Wildman–Crippen MR) is 73.4 cm³/mol. The standard InChI is InChI=1S/C14H18N2O2S/c1-9(2)13-11(5-6-17-13)14-15-12(16-18-14)8-10-4-3-7-19-10/h3-4,7,9,11,13H,5-6,8H2,1-2H3/t11-,13+/m0/s1. The summed E-state index contributed by atoms with van der Waals surface area (Å²) in [5, 5.41) is 6.16. The zero-order valence-corrected chi connectivity index (χ0v) is 12.0. The molecule has 0 bridgehead atoms. The lowest BCUT2D eigenvalue weighted by Crippen LogP contribution is -2.21. The van der Waals surface area contributed by atoms with E-state index in [1.807, 2.05) is 6.07 Å². The Morgan fingerprint density at radius 1 is 1.47 bits per heavy atom. The van der Waals surface area contributed by atoms with Crippen molar-refractivity contribution in [1.82, 2.24) is 10.1 Å². The maximum absolute atomic E-state index is 5.77. The second kappa shape index (κ2) is 5.43. The summed E-state index contributed by atoms with van der Waals surface area (Å²) >= 11 is 1.72. The van der Waals surface area contributed by atoms with Gasteiger partial charge < -0.3 is 9.26 Å². The summed E-state index contributed by atoms with van der Waals surface area (Å²) in [6.07, 6.45) is 1.93. The van der Waals surface area contributed by atoms with E-state index in [0.29, 0.717) is 5.92 Å². The van der Waals surface area contributed by atoms with Crippen LogP contribution in [0.25, 0.3) is 0 Å². The van der Waals surface area contributed by atoms with E-state index in [2.05, 4.69) is 35.4 Å². The highest BCUT2D eigenvalue weighted by Crippen LogP contribution is 2.34. The number of rotatable bonds is 4. The van der Waals surface area contributed by atoms with Crippen LogP contribution in [0, 0.1) is 5.92 Å². The van der Waals surface area contributed by atoms with Gasteiger partial charge >= 0.3 is 0 Å². The average Bonchev–Trinajstić information content (AvgIpc) is 3.09. The van der Waals surface area contributed by atoms with E-state index in [9.17, 15) is 0 Å². The lowest BCUT2D eigenvalue weighted by Gasteiger charge is -2.18. The third-order valence-corrected chi connectivity index (χ3v) is 4.38. The van der Waals surface area contributed by atoms with E-state index in [-0.39, 0.29) is 12.0 Å². The highest BCUT2D eigenvalue weighted by atomic mass is 32.1. The summed E-state index contributed by atoms with van der Waals surface area (Å²) in [6.45, 7) is 5.13. The first-order chi connectivity index (χ1) is 9.24. The Hall–Kier alpha value is -1.20. The molecule has 102 valence electrons. The van der Waals surface area contributed by atoms with Crippen molar-refractivity contribution in [3.05, 3.63) is 34.1 Å². The average molecular weight is 278 g/mol. The Morgan fingerprint density at radius 3 is 3.11 bits per heavy atom. The highest BCUT2D eigenvalue weighted by Gasteiger charge is 2.35. The molecule has 0 saturated carbocycles. The fourth-order valence-electron chi connectivity index (χ4n) is 2.59. The van der Waals surface area contributed by atoms with Crippen molar-refractivity contribution in [1.29, 1.82) is 0 Å². The minimum absolute atomic E-state index is 0.204. The Labute approximate surface area is 116 Å². The molecule has 0 spiro atoms. The number of thiophene rings is 1. The van der Waals surface area contributed by atoms with Gasteiger partial charge in [-0.2, -0.15) is 4.98 Å². The van der Waals surface area contributed by atoms with Gasteiger partial charge in [-0.25, -0.2) is 0 Å². The van der Waals surface area contributed by atoms with Crippen LogP contribution in [0.15, 0.2) is 22.0 Å². The molecule has 1 aliphatic heterocycles. The molecule has 2 atom stereocenters. The first-order valence-electron chi connectivity index (χ1n) is 6.70. The van der Waals surface area contributed by atoms with Crippen molar-refractivity contribution in [3.63, 3.8) is 0 Å². The monoisotopic (exact) mass is 278 g/mol. The zero-order chi connectivity index (χ0) is 13.2. The molecule has 0 unspecified atom stereocenters. The smallest absolute Gasteiger partial charge is 0.232 e. The summed E-state index contributed by atoms with van der Waals surface area (Å²) in [4.78, 5) is 5.81. The van der Waals surface area contributed by atoms with Crippen molar-refractivity contribution in [2.75, 3.05) is 6.61 Å². The minimum Gasteiger partial charge on any atom is -0.377 e. The van der Waals surface area contributed by atoms with Crippen molar-refractivity contribution in [2.45, 2.75) is 38.7 Å². The van der Waals surface area contributed by atoms with Gasteiger partial charge in [0.05, 0.1) is 12.0 Å². The van der Waals surface area contributed by atoms with E-state index in [0.717, 1.165) is 31.2 Å².